The zero-order valence-corrected chi connectivity index (χ0v) is 12.4. The molecule has 0 amide bonds. The highest BCUT2D eigenvalue weighted by molar-refractivity contribution is 5.33. The van der Waals surface area contributed by atoms with E-state index in [-0.39, 0.29) is 17.8 Å². The average molecular weight is 271 g/mol. The van der Waals surface area contributed by atoms with E-state index in [2.05, 4.69) is 31.3 Å². The Kier molecular flexibility index (Phi) is 4.91. The molecule has 1 N–H and O–H groups in total. The first-order chi connectivity index (χ1) is 9.63. The van der Waals surface area contributed by atoms with E-state index < -0.39 is 0 Å². The van der Waals surface area contributed by atoms with Crippen LogP contribution in [0.25, 0.3) is 0 Å². The van der Waals surface area contributed by atoms with Gasteiger partial charge in [0, 0.05) is 12.0 Å². The Morgan fingerprint density at radius 2 is 1.80 bits per heavy atom. The maximum atomic E-state index is 13.6. The van der Waals surface area contributed by atoms with Crippen molar-refractivity contribution in [1.82, 2.24) is 5.32 Å². The molecule has 2 unspecified atom stereocenters. The minimum Gasteiger partial charge on any atom is -0.310 e. The van der Waals surface area contributed by atoms with Gasteiger partial charge in [0.25, 0.3) is 0 Å². The molecule has 1 nitrogen and oxygen atoms in total. The lowest BCUT2D eigenvalue weighted by Gasteiger charge is -2.27. The number of benzene rings is 2. The van der Waals surface area contributed by atoms with Gasteiger partial charge in [-0.15, -0.1) is 0 Å². The minimum atomic E-state index is -0.172. The average Bonchev–Trinajstić information content (AvgIpc) is 2.48. The molecule has 0 spiro atoms. The van der Waals surface area contributed by atoms with Crippen LogP contribution in [0.5, 0.6) is 0 Å². The number of halogens is 1. The second kappa shape index (κ2) is 6.67. The molecule has 2 atom stereocenters. The van der Waals surface area contributed by atoms with Gasteiger partial charge < -0.3 is 5.32 Å². The molecular formula is C18H22FN. The third-order valence-electron chi connectivity index (χ3n) is 3.83. The molecule has 2 aromatic rings. The van der Waals surface area contributed by atoms with E-state index in [0.29, 0.717) is 0 Å². The van der Waals surface area contributed by atoms with Gasteiger partial charge in [-0.05, 0) is 42.3 Å². The second-order valence-electron chi connectivity index (χ2n) is 5.24. The van der Waals surface area contributed by atoms with Crippen LogP contribution in [-0.4, -0.2) is 6.54 Å². The van der Waals surface area contributed by atoms with Gasteiger partial charge >= 0.3 is 0 Å². The first-order valence-corrected chi connectivity index (χ1v) is 7.18. The predicted octanol–water partition coefficient (Wildman–Crippen LogP) is 4.59. The highest BCUT2D eigenvalue weighted by Gasteiger charge is 2.21. The van der Waals surface area contributed by atoms with Gasteiger partial charge in [-0.1, -0.05) is 50.2 Å². The summed E-state index contributed by atoms with van der Waals surface area (Å²) in [5, 5.41) is 3.50. The topological polar surface area (TPSA) is 12.0 Å². The van der Waals surface area contributed by atoms with Gasteiger partial charge in [0.2, 0.25) is 0 Å². The summed E-state index contributed by atoms with van der Waals surface area (Å²) >= 11 is 0. The summed E-state index contributed by atoms with van der Waals surface area (Å²) in [6, 6.07) is 15.5. The first-order valence-electron chi connectivity index (χ1n) is 7.18. The number of rotatable bonds is 5. The Bertz CT molecular complexity index is 551. The SMILES string of the molecule is CCNC(c1cc(F)ccc1C)C(C)c1ccccc1. The number of nitrogens with one attached hydrogen (secondary N) is 1. The zero-order chi connectivity index (χ0) is 14.5. The molecule has 0 saturated heterocycles. The summed E-state index contributed by atoms with van der Waals surface area (Å²) in [6.45, 7) is 7.17. The van der Waals surface area contributed by atoms with E-state index in [9.17, 15) is 4.39 Å². The third kappa shape index (κ3) is 3.26. The van der Waals surface area contributed by atoms with Crippen LogP contribution >= 0.6 is 0 Å². The van der Waals surface area contributed by atoms with Crippen molar-refractivity contribution in [1.29, 1.82) is 0 Å². The molecule has 0 aliphatic heterocycles. The fourth-order valence-electron chi connectivity index (χ4n) is 2.67. The summed E-state index contributed by atoms with van der Waals surface area (Å²) in [7, 11) is 0. The standard InChI is InChI=1S/C18H22FN/c1-4-20-18(14(3)15-8-6-5-7-9-15)17-12-16(19)11-10-13(17)2/h5-12,14,18,20H,4H2,1-3H3. The van der Waals surface area contributed by atoms with E-state index in [0.717, 1.165) is 17.7 Å². The molecule has 0 fully saturated rings. The molecule has 106 valence electrons. The Morgan fingerprint density at radius 1 is 1.10 bits per heavy atom. The van der Waals surface area contributed by atoms with Gasteiger partial charge in [0.15, 0.2) is 0 Å². The predicted molar refractivity (Wildman–Crippen MR) is 82.4 cm³/mol. The monoisotopic (exact) mass is 271 g/mol. The van der Waals surface area contributed by atoms with E-state index in [1.165, 1.54) is 11.6 Å². The Hall–Kier alpha value is -1.67. The number of hydrogen-bond acceptors (Lipinski definition) is 1. The molecule has 2 rings (SSSR count). The first kappa shape index (κ1) is 14.7. The lowest BCUT2D eigenvalue weighted by atomic mass is 9.86. The largest absolute Gasteiger partial charge is 0.310 e. The van der Waals surface area contributed by atoms with E-state index in [1.807, 2.05) is 31.2 Å². The summed E-state index contributed by atoms with van der Waals surface area (Å²) in [4.78, 5) is 0. The smallest absolute Gasteiger partial charge is 0.123 e. The van der Waals surface area contributed by atoms with Crippen LogP contribution in [-0.2, 0) is 0 Å². The summed E-state index contributed by atoms with van der Waals surface area (Å²) in [5.41, 5.74) is 3.44. The molecule has 0 heterocycles. The summed E-state index contributed by atoms with van der Waals surface area (Å²) in [6.07, 6.45) is 0. The van der Waals surface area contributed by atoms with Crippen molar-refractivity contribution < 1.29 is 4.39 Å². The molecular weight excluding hydrogens is 249 g/mol. The Morgan fingerprint density at radius 3 is 2.45 bits per heavy atom. The van der Waals surface area contributed by atoms with Crippen molar-refractivity contribution in [3.63, 3.8) is 0 Å². The normalized spacial score (nSPS) is 14.0. The molecule has 20 heavy (non-hydrogen) atoms. The maximum absolute atomic E-state index is 13.6. The molecule has 0 bridgehead atoms. The van der Waals surface area contributed by atoms with Gasteiger partial charge in [-0.3, -0.25) is 0 Å². The number of likely N-dealkylation sites (N-methyl/N-ethyl adjacent to an activating group) is 1. The molecule has 2 heteroatoms. The van der Waals surface area contributed by atoms with Crippen LogP contribution in [0, 0.1) is 12.7 Å². The molecule has 0 aliphatic rings. The molecule has 0 saturated carbocycles. The van der Waals surface area contributed by atoms with Gasteiger partial charge in [0.1, 0.15) is 5.82 Å². The number of aryl methyl sites for hydroxylation is 1. The van der Waals surface area contributed by atoms with Crippen LogP contribution in [0.1, 0.15) is 42.5 Å². The van der Waals surface area contributed by atoms with E-state index >= 15 is 0 Å². The molecule has 0 aromatic heterocycles. The lowest BCUT2D eigenvalue weighted by molar-refractivity contribution is 0.474. The van der Waals surface area contributed by atoms with Crippen LogP contribution in [0.3, 0.4) is 0 Å². The van der Waals surface area contributed by atoms with Crippen LogP contribution in [0.4, 0.5) is 4.39 Å². The second-order valence-corrected chi connectivity index (χ2v) is 5.24. The fraction of sp³-hybridized carbons (Fsp3) is 0.333. The third-order valence-corrected chi connectivity index (χ3v) is 3.83. The molecule has 0 radical (unpaired) electrons. The van der Waals surface area contributed by atoms with Crippen molar-refractivity contribution in [3.05, 3.63) is 71.0 Å². The van der Waals surface area contributed by atoms with Crippen molar-refractivity contribution in [2.45, 2.75) is 32.7 Å². The van der Waals surface area contributed by atoms with Gasteiger partial charge in [-0.2, -0.15) is 0 Å². The lowest BCUT2D eigenvalue weighted by Crippen LogP contribution is -2.26. The van der Waals surface area contributed by atoms with Crippen molar-refractivity contribution in [2.24, 2.45) is 0 Å². The van der Waals surface area contributed by atoms with Crippen molar-refractivity contribution in [3.8, 4) is 0 Å². The fourth-order valence-corrected chi connectivity index (χ4v) is 2.67. The van der Waals surface area contributed by atoms with Crippen LogP contribution in [0.2, 0.25) is 0 Å². The van der Waals surface area contributed by atoms with Crippen LogP contribution < -0.4 is 5.32 Å². The Balaban J connectivity index is 2.38. The minimum absolute atomic E-state index is 0.123. The quantitative estimate of drug-likeness (QED) is 0.838. The zero-order valence-electron chi connectivity index (χ0n) is 12.4. The van der Waals surface area contributed by atoms with E-state index in [4.69, 9.17) is 0 Å². The Labute approximate surface area is 120 Å². The van der Waals surface area contributed by atoms with Gasteiger partial charge in [0.05, 0.1) is 0 Å². The van der Waals surface area contributed by atoms with Crippen molar-refractivity contribution in [2.75, 3.05) is 6.54 Å². The van der Waals surface area contributed by atoms with E-state index in [1.54, 1.807) is 6.07 Å². The summed E-state index contributed by atoms with van der Waals surface area (Å²) in [5.74, 6) is 0.116. The highest BCUT2D eigenvalue weighted by Crippen LogP contribution is 2.32. The van der Waals surface area contributed by atoms with Crippen LogP contribution in [0.15, 0.2) is 48.5 Å². The molecule has 0 aliphatic carbocycles. The maximum Gasteiger partial charge on any atom is 0.123 e. The highest BCUT2D eigenvalue weighted by atomic mass is 19.1. The molecule has 2 aromatic carbocycles. The van der Waals surface area contributed by atoms with Gasteiger partial charge in [-0.25, -0.2) is 4.39 Å². The number of hydrogen-bond donors (Lipinski definition) is 1. The summed E-state index contributed by atoms with van der Waals surface area (Å²) < 4.78 is 13.6. The van der Waals surface area contributed by atoms with Crippen molar-refractivity contribution >= 4 is 0 Å².